The maximum atomic E-state index is 11.4. The molecule has 2 amide bonds. The summed E-state index contributed by atoms with van der Waals surface area (Å²) >= 11 is 0. The van der Waals surface area contributed by atoms with Gasteiger partial charge in [-0.3, -0.25) is 20.4 Å². The van der Waals surface area contributed by atoms with Crippen LogP contribution in [0.4, 0.5) is 0 Å². The fraction of sp³-hybridized carbons (Fsp3) is 0.714. The minimum atomic E-state index is -3.17. The van der Waals surface area contributed by atoms with Crippen LogP contribution in [0.15, 0.2) is 0 Å². The lowest BCUT2D eigenvalue weighted by Gasteiger charge is -2.18. The number of sulfone groups is 1. The molecule has 16 heavy (non-hydrogen) atoms. The van der Waals surface area contributed by atoms with E-state index in [0.29, 0.717) is 0 Å². The van der Waals surface area contributed by atoms with Crippen LogP contribution in [0.3, 0.4) is 0 Å². The molecule has 0 aromatic carbocycles. The lowest BCUT2D eigenvalue weighted by atomic mass is 9.90. The van der Waals surface area contributed by atoms with Crippen molar-refractivity contribution in [1.29, 1.82) is 0 Å². The normalized spacial score (nSPS) is 23.1. The van der Waals surface area contributed by atoms with Crippen molar-refractivity contribution < 1.29 is 18.0 Å². The van der Waals surface area contributed by atoms with Crippen molar-refractivity contribution in [3.63, 3.8) is 0 Å². The molecule has 92 valence electrons. The standard InChI is InChI=1S/C7H14N4O4S/c8-10-6(12)5(7(13)11-9)4-1-2-16(14,15)3-4/h4-5H,1-3,8-9H2,(H,10,12)(H,11,13). The molecular formula is C7H14N4O4S. The van der Waals surface area contributed by atoms with Gasteiger partial charge in [-0.2, -0.15) is 0 Å². The Labute approximate surface area is 92.6 Å². The fourth-order valence-corrected chi connectivity index (χ4v) is 3.65. The van der Waals surface area contributed by atoms with Crippen molar-refractivity contribution >= 4 is 21.7 Å². The number of nitrogens with two attached hydrogens (primary N) is 2. The fourth-order valence-electron chi connectivity index (χ4n) is 1.81. The number of carbonyl (C=O) groups excluding carboxylic acids is 2. The lowest BCUT2D eigenvalue weighted by molar-refractivity contribution is -0.137. The summed E-state index contributed by atoms with van der Waals surface area (Å²) in [7, 11) is -3.17. The van der Waals surface area contributed by atoms with E-state index in [0.717, 1.165) is 0 Å². The van der Waals surface area contributed by atoms with Gasteiger partial charge in [-0.25, -0.2) is 20.1 Å². The Morgan fingerprint density at radius 1 is 1.19 bits per heavy atom. The van der Waals surface area contributed by atoms with Crippen LogP contribution in [-0.2, 0) is 19.4 Å². The van der Waals surface area contributed by atoms with Gasteiger partial charge in [-0.1, -0.05) is 0 Å². The van der Waals surface area contributed by atoms with Gasteiger partial charge in [0.05, 0.1) is 11.5 Å². The SMILES string of the molecule is NNC(=O)C(C(=O)NN)C1CCS(=O)(=O)C1. The number of hydrogen-bond acceptors (Lipinski definition) is 6. The second kappa shape index (κ2) is 4.76. The molecule has 1 saturated heterocycles. The number of hydrogen-bond donors (Lipinski definition) is 4. The third-order valence-electron chi connectivity index (χ3n) is 2.59. The zero-order chi connectivity index (χ0) is 12.3. The van der Waals surface area contributed by atoms with E-state index >= 15 is 0 Å². The Kier molecular flexibility index (Phi) is 3.83. The first-order valence-electron chi connectivity index (χ1n) is 4.62. The molecule has 0 spiro atoms. The van der Waals surface area contributed by atoms with Crippen molar-refractivity contribution in [3.05, 3.63) is 0 Å². The molecular weight excluding hydrogens is 236 g/mol. The maximum absolute atomic E-state index is 11.4. The Morgan fingerprint density at radius 2 is 1.69 bits per heavy atom. The van der Waals surface area contributed by atoms with Gasteiger partial charge < -0.3 is 0 Å². The number of hydrazine groups is 2. The molecule has 0 aliphatic carbocycles. The number of rotatable bonds is 3. The first kappa shape index (κ1) is 12.9. The van der Waals surface area contributed by atoms with Crippen LogP contribution < -0.4 is 22.5 Å². The van der Waals surface area contributed by atoms with Gasteiger partial charge in [0.15, 0.2) is 9.84 Å². The van der Waals surface area contributed by atoms with E-state index in [-0.39, 0.29) is 17.9 Å². The van der Waals surface area contributed by atoms with E-state index < -0.39 is 33.5 Å². The van der Waals surface area contributed by atoms with Crippen LogP contribution in [-0.4, -0.2) is 31.7 Å². The molecule has 1 atom stereocenters. The second-order valence-corrected chi connectivity index (χ2v) is 5.89. The molecule has 1 aliphatic rings. The largest absolute Gasteiger partial charge is 0.294 e. The molecule has 8 nitrogen and oxygen atoms in total. The summed E-state index contributed by atoms with van der Waals surface area (Å²) in [5.41, 5.74) is 3.67. The summed E-state index contributed by atoms with van der Waals surface area (Å²) in [6.45, 7) is 0. The molecule has 0 saturated carbocycles. The summed E-state index contributed by atoms with van der Waals surface area (Å²) in [4.78, 5) is 22.7. The quantitative estimate of drug-likeness (QED) is 0.182. The van der Waals surface area contributed by atoms with Crippen molar-refractivity contribution in [2.75, 3.05) is 11.5 Å². The smallest absolute Gasteiger partial charge is 0.246 e. The molecule has 9 heteroatoms. The Morgan fingerprint density at radius 3 is 2.00 bits per heavy atom. The van der Waals surface area contributed by atoms with Crippen molar-refractivity contribution in [2.45, 2.75) is 6.42 Å². The lowest BCUT2D eigenvalue weighted by Crippen LogP contribution is -2.49. The minimum absolute atomic E-state index is 0.0239. The highest BCUT2D eigenvalue weighted by Crippen LogP contribution is 2.26. The van der Waals surface area contributed by atoms with E-state index in [9.17, 15) is 18.0 Å². The monoisotopic (exact) mass is 250 g/mol. The highest BCUT2D eigenvalue weighted by atomic mass is 32.2. The summed E-state index contributed by atoms with van der Waals surface area (Å²) in [6.07, 6.45) is 0.258. The number of amides is 2. The van der Waals surface area contributed by atoms with E-state index in [1.165, 1.54) is 0 Å². The third kappa shape index (κ3) is 2.68. The highest BCUT2D eigenvalue weighted by molar-refractivity contribution is 7.91. The zero-order valence-electron chi connectivity index (χ0n) is 8.47. The molecule has 0 aromatic rings. The number of nitrogens with one attached hydrogen (secondary N) is 2. The van der Waals surface area contributed by atoms with E-state index in [1.807, 2.05) is 10.9 Å². The van der Waals surface area contributed by atoms with Crippen molar-refractivity contribution in [3.8, 4) is 0 Å². The molecule has 0 aromatic heterocycles. The van der Waals surface area contributed by atoms with Crippen LogP contribution in [0.2, 0.25) is 0 Å². The van der Waals surface area contributed by atoms with Crippen LogP contribution in [0.5, 0.6) is 0 Å². The van der Waals surface area contributed by atoms with Crippen LogP contribution in [0.25, 0.3) is 0 Å². The van der Waals surface area contributed by atoms with Crippen LogP contribution in [0.1, 0.15) is 6.42 Å². The van der Waals surface area contributed by atoms with Crippen LogP contribution >= 0.6 is 0 Å². The van der Waals surface area contributed by atoms with E-state index in [4.69, 9.17) is 11.7 Å². The van der Waals surface area contributed by atoms with E-state index in [1.54, 1.807) is 0 Å². The van der Waals surface area contributed by atoms with Crippen molar-refractivity contribution in [1.82, 2.24) is 10.9 Å². The number of carbonyl (C=O) groups is 2. The molecule has 6 N–H and O–H groups in total. The first-order valence-corrected chi connectivity index (χ1v) is 6.44. The summed E-state index contributed by atoms with van der Waals surface area (Å²) in [5.74, 6) is 6.45. The molecule has 1 heterocycles. The topological polar surface area (TPSA) is 144 Å². The Bertz CT molecular complexity index is 377. The maximum Gasteiger partial charge on any atom is 0.246 e. The third-order valence-corrected chi connectivity index (χ3v) is 4.38. The highest BCUT2D eigenvalue weighted by Gasteiger charge is 2.40. The van der Waals surface area contributed by atoms with Gasteiger partial charge in [0.2, 0.25) is 11.8 Å². The predicted octanol–water partition coefficient (Wildman–Crippen LogP) is -2.98. The molecule has 0 radical (unpaired) electrons. The Balaban J connectivity index is 2.87. The zero-order valence-corrected chi connectivity index (χ0v) is 9.29. The molecule has 1 fully saturated rings. The molecule has 0 bridgehead atoms. The minimum Gasteiger partial charge on any atom is -0.294 e. The van der Waals surface area contributed by atoms with E-state index in [2.05, 4.69) is 0 Å². The van der Waals surface area contributed by atoms with Crippen molar-refractivity contribution in [2.24, 2.45) is 23.5 Å². The van der Waals surface area contributed by atoms with Crippen LogP contribution in [0, 0.1) is 11.8 Å². The Hall–Kier alpha value is -1.19. The predicted molar refractivity (Wildman–Crippen MR) is 54.9 cm³/mol. The summed E-state index contributed by atoms with van der Waals surface area (Å²) in [5, 5.41) is 0. The average Bonchev–Trinajstić information content (AvgIpc) is 2.58. The van der Waals surface area contributed by atoms with Gasteiger partial charge >= 0.3 is 0 Å². The molecule has 1 aliphatic heterocycles. The first-order chi connectivity index (χ1) is 7.41. The molecule has 1 unspecified atom stereocenters. The van der Waals surface area contributed by atoms with Gasteiger partial charge in [0.25, 0.3) is 0 Å². The average molecular weight is 250 g/mol. The summed E-state index contributed by atoms with van der Waals surface area (Å²) < 4.78 is 22.5. The van der Waals surface area contributed by atoms with Gasteiger partial charge in [-0.15, -0.1) is 0 Å². The van der Waals surface area contributed by atoms with Gasteiger partial charge in [-0.05, 0) is 12.3 Å². The summed E-state index contributed by atoms with van der Waals surface area (Å²) in [6, 6.07) is 0. The van der Waals surface area contributed by atoms with Gasteiger partial charge in [0.1, 0.15) is 5.92 Å². The second-order valence-electron chi connectivity index (χ2n) is 3.66. The molecule has 1 rings (SSSR count). The van der Waals surface area contributed by atoms with Gasteiger partial charge in [0, 0.05) is 0 Å².